The Morgan fingerprint density at radius 2 is 2.27 bits per heavy atom. The highest BCUT2D eigenvalue weighted by Crippen LogP contribution is 2.23. The van der Waals surface area contributed by atoms with Crippen LogP contribution in [0.25, 0.3) is 10.9 Å². The van der Waals surface area contributed by atoms with Crippen molar-refractivity contribution in [3.05, 3.63) is 55.3 Å². The van der Waals surface area contributed by atoms with Crippen LogP contribution in [-0.4, -0.2) is 26.7 Å². The Labute approximate surface area is 139 Å². The van der Waals surface area contributed by atoms with Crippen molar-refractivity contribution in [1.29, 1.82) is 0 Å². The van der Waals surface area contributed by atoms with Gasteiger partial charge in [-0.3, -0.25) is 19.7 Å². The van der Waals surface area contributed by atoms with Crippen molar-refractivity contribution in [3.8, 4) is 0 Å². The van der Waals surface area contributed by atoms with Crippen LogP contribution in [0.1, 0.15) is 4.88 Å². The summed E-state index contributed by atoms with van der Waals surface area (Å²) in [4.78, 5) is 13.9. The highest BCUT2D eigenvalue weighted by Gasteiger charge is 2.11. The zero-order valence-electron chi connectivity index (χ0n) is 11.8. The largest absolute Gasteiger partial charge is 0.282 e. The molecule has 0 aliphatic carbocycles. The lowest BCUT2D eigenvalue weighted by Crippen LogP contribution is -2.21. The molecule has 22 heavy (non-hydrogen) atoms. The molecular formula is C14H13BrN4O2S. The third-order valence-corrected chi connectivity index (χ3v) is 4.94. The molecule has 0 aliphatic rings. The van der Waals surface area contributed by atoms with Crippen molar-refractivity contribution in [1.82, 2.24) is 14.7 Å². The van der Waals surface area contributed by atoms with E-state index in [0.29, 0.717) is 6.67 Å². The molecule has 1 aromatic carbocycles. The summed E-state index contributed by atoms with van der Waals surface area (Å²) in [6, 6.07) is 6.89. The molecule has 0 aliphatic heterocycles. The molecule has 0 bridgehead atoms. The normalized spacial score (nSPS) is 11.4. The molecule has 8 heteroatoms. The number of thiophene rings is 1. The standard InChI is InChI=1S/C14H13BrN4O2S/c1-17(7-13-4-11(15)8-22-13)9-18-14-5-12(19(20)21)3-2-10(14)6-16-18/h2-6,8H,7,9H2,1H3. The lowest BCUT2D eigenvalue weighted by Gasteiger charge is -2.16. The van der Waals surface area contributed by atoms with Crippen LogP contribution >= 0.6 is 27.3 Å². The van der Waals surface area contributed by atoms with E-state index in [4.69, 9.17) is 0 Å². The number of benzene rings is 1. The molecule has 2 heterocycles. The van der Waals surface area contributed by atoms with Gasteiger partial charge in [-0.05, 0) is 35.1 Å². The fourth-order valence-electron chi connectivity index (χ4n) is 2.27. The topological polar surface area (TPSA) is 64.2 Å². The summed E-state index contributed by atoms with van der Waals surface area (Å²) < 4.78 is 2.87. The summed E-state index contributed by atoms with van der Waals surface area (Å²) in [5.74, 6) is 0. The van der Waals surface area contributed by atoms with E-state index in [2.05, 4.69) is 37.4 Å². The van der Waals surface area contributed by atoms with E-state index in [-0.39, 0.29) is 10.6 Å². The van der Waals surface area contributed by atoms with E-state index in [1.807, 2.05) is 7.05 Å². The second-order valence-electron chi connectivity index (χ2n) is 5.03. The third-order valence-electron chi connectivity index (χ3n) is 3.26. The Hall–Kier alpha value is -1.77. The molecule has 0 saturated heterocycles. The summed E-state index contributed by atoms with van der Waals surface area (Å²) in [6.45, 7) is 1.37. The average Bonchev–Trinajstić information content (AvgIpc) is 3.05. The van der Waals surface area contributed by atoms with Gasteiger partial charge in [0.05, 0.1) is 23.3 Å². The summed E-state index contributed by atoms with van der Waals surface area (Å²) >= 11 is 5.14. The number of aromatic nitrogens is 2. The Morgan fingerprint density at radius 3 is 2.95 bits per heavy atom. The number of hydrogen-bond donors (Lipinski definition) is 0. The van der Waals surface area contributed by atoms with Crippen molar-refractivity contribution < 1.29 is 4.92 Å². The summed E-state index contributed by atoms with van der Waals surface area (Å²) in [7, 11) is 2.00. The van der Waals surface area contributed by atoms with E-state index in [1.165, 1.54) is 10.9 Å². The Kier molecular flexibility index (Phi) is 4.23. The quantitative estimate of drug-likeness (QED) is 0.497. The van der Waals surface area contributed by atoms with Gasteiger partial charge in [-0.1, -0.05) is 0 Å². The maximum absolute atomic E-state index is 10.9. The predicted octanol–water partition coefficient (Wildman–Crippen LogP) is 3.86. The van der Waals surface area contributed by atoms with Gasteiger partial charge in [-0.25, -0.2) is 0 Å². The minimum atomic E-state index is -0.385. The lowest BCUT2D eigenvalue weighted by molar-refractivity contribution is -0.384. The van der Waals surface area contributed by atoms with Crippen LogP contribution in [-0.2, 0) is 13.2 Å². The monoisotopic (exact) mass is 380 g/mol. The molecule has 0 saturated carbocycles. The molecule has 3 rings (SSSR count). The first kappa shape index (κ1) is 15.1. The van der Waals surface area contributed by atoms with E-state index in [1.54, 1.807) is 34.3 Å². The van der Waals surface area contributed by atoms with Crippen molar-refractivity contribution in [3.63, 3.8) is 0 Å². The van der Waals surface area contributed by atoms with Gasteiger partial charge < -0.3 is 0 Å². The molecule has 114 valence electrons. The SMILES string of the molecule is CN(Cc1cc(Br)cs1)Cn1ncc2ccc([N+](=O)[O-])cc21. The third kappa shape index (κ3) is 3.18. The van der Waals surface area contributed by atoms with E-state index < -0.39 is 0 Å². The van der Waals surface area contributed by atoms with Gasteiger partial charge in [0, 0.05) is 38.8 Å². The van der Waals surface area contributed by atoms with E-state index in [9.17, 15) is 10.1 Å². The highest BCUT2D eigenvalue weighted by molar-refractivity contribution is 9.10. The van der Waals surface area contributed by atoms with Gasteiger partial charge >= 0.3 is 0 Å². The predicted molar refractivity (Wildman–Crippen MR) is 89.9 cm³/mol. The van der Waals surface area contributed by atoms with Gasteiger partial charge in [-0.15, -0.1) is 11.3 Å². The number of fused-ring (bicyclic) bond motifs is 1. The van der Waals surface area contributed by atoms with Crippen molar-refractivity contribution in [2.75, 3.05) is 7.05 Å². The maximum atomic E-state index is 10.9. The molecule has 2 aromatic heterocycles. The minimum Gasteiger partial charge on any atom is -0.282 e. The molecule has 0 N–H and O–H groups in total. The number of nitrogens with zero attached hydrogens (tertiary/aromatic N) is 4. The van der Waals surface area contributed by atoms with Crippen molar-refractivity contribution >= 4 is 43.9 Å². The summed E-state index contributed by atoms with van der Waals surface area (Å²) in [5.41, 5.74) is 0.854. The second-order valence-corrected chi connectivity index (χ2v) is 6.94. The molecule has 3 aromatic rings. The van der Waals surface area contributed by atoms with E-state index >= 15 is 0 Å². The van der Waals surface area contributed by atoms with Gasteiger partial charge in [-0.2, -0.15) is 5.10 Å². The summed E-state index contributed by atoms with van der Waals surface area (Å²) in [6.07, 6.45) is 1.73. The van der Waals surface area contributed by atoms with E-state index in [0.717, 1.165) is 21.9 Å². The molecule has 0 amide bonds. The highest BCUT2D eigenvalue weighted by atomic mass is 79.9. The first-order valence-electron chi connectivity index (χ1n) is 6.54. The van der Waals surface area contributed by atoms with Crippen LogP contribution in [0.5, 0.6) is 0 Å². The molecule has 0 spiro atoms. The molecule has 6 nitrogen and oxygen atoms in total. The Balaban J connectivity index is 1.80. The zero-order chi connectivity index (χ0) is 15.7. The zero-order valence-corrected chi connectivity index (χ0v) is 14.2. The van der Waals surface area contributed by atoms with Gasteiger partial charge in [0.25, 0.3) is 5.69 Å². The fraction of sp³-hybridized carbons (Fsp3) is 0.214. The van der Waals surface area contributed by atoms with Crippen LogP contribution in [0.2, 0.25) is 0 Å². The van der Waals surface area contributed by atoms with Gasteiger partial charge in [0.15, 0.2) is 0 Å². The molecule has 0 unspecified atom stereocenters. The minimum absolute atomic E-state index is 0.0825. The van der Waals surface area contributed by atoms with Crippen LogP contribution in [0.3, 0.4) is 0 Å². The number of rotatable bonds is 5. The van der Waals surface area contributed by atoms with Gasteiger partial charge in [0.1, 0.15) is 0 Å². The fourth-order valence-corrected chi connectivity index (χ4v) is 3.80. The smallest absolute Gasteiger partial charge is 0.271 e. The number of nitro benzene ring substituents is 1. The molecule has 0 atom stereocenters. The lowest BCUT2D eigenvalue weighted by atomic mass is 10.2. The summed E-state index contributed by atoms with van der Waals surface area (Å²) in [5, 5.41) is 18.2. The van der Waals surface area contributed by atoms with Crippen LogP contribution in [0.4, 0.5) is 5.69 Å². The number of non-ortho nitro benzene ring substituents is 1. The van der Waals surface area contributed by atoms with Crippen LogP contribution in [0, 0.1) is 10.1 Å². The molecular weight excluding hydrogens is 368 g/mol. The van der Waals surface area contributed by atoms with Crippen LogP contribution < -0.4 is 0 Å². The molecule has 0 fully saturated rings. The number of nitro groups is 1. The van der Waals surface area contributed by atoms with Crippen LogP contribution in [0.15, 0.2) is 40.3 Å². The first-order valence-corrected chi connectivity index (χ1v) is 8.21. The van der Waals surface area contributed by atoms with Gasteiger partial charge in [0.2, 0.25) is 0 Å². The number of hydrogen-bond acceptors (Lipinski definition) is 5. The first-order chi connectivity index (χ1) is 10.5. The Morgan fingerprint density at radius 1 is 1.45 bits per heavy atom. The maximum Gasteiger partial charge on any atom is 0.271 e. The second kappa shape index (κ2) is 6.15. The average molecular weight is 381 g/mol. The molecule has 0 radical (unpaired) electrons. The van der Waals surface area contributed by atoms with Crippen molar-refractivity contribution in [2.24, 2.45) is 0 Å². The Bertz CT molecular complexity index is 829. The van der Waals surface area contributed by atoms with Crippen molar-refractivity contribution in [2.45, 2.75) is 13.2 Å². The number of halogens is 1.